The molecule has 1 fully saturated rings. The number of furan rings is 1. The minimum Gasteiger partial charge on any atom is -0.449 e. The molecule has 1 saturated carbocycles. The highest BCUT2D eigenvalue weighted by Crippen LogP contribution is 2.21. The molecule has 1 aromatic heterocycles. The van der Waals surface area contributed by atoms with Gasteiger partial charge in [0.1, 0.15) is 0 Å². The van der Waals surface area contributed by atoms with Crippen LogP contribution < -0.4 is 16.4 Å². The number of carbonyl (C=O) groups excluding carboxylic acids is 1. The lowest BCUT2D eigenvalue weighted by Crippen LogP contribution is -2.40. The van der Waals surface area contributed by atoms with E-state index in [-0.39, 0.29) is 12.0 Å². The largest absolute Gasteiger partial charge is 0.449 e. The Labute approximate surface area is 92.9 Å². The van der Waals surface area contributed by atoms with Crippen molar-refractivity contribution in [3.8, 4) is 0 Å². The number of amides is 2. The van der Waals surface area contributed by atoms with Gasteiger partial charge in [-0.1, -0.05) is 0 Å². The molecule has 1 aromatic rings. The first-order chi connectivity index (χ1) is 7.74. The van der Waals surface area contributed by atoms with E-state index in [1.807, 2.05) is 0 Å². The summed E-state index contributed by atoms with van der Waals surface area (Å²) in [7, 11) is 0. The lowest BCUT2D eigenvalue weighted by molar-refractivity contribution is 0.255. The topological polar surface area (TPSA) is 92.6 Å². The predicted molar refractivity (Wildman–Crippen MR) is 60.1 cm³/mol. The Morgan fingerprint density at radius 3 is 2.94 bits per heavy atom. The molecule has 0 aliphatic heterocycles. The zero-order valence-corrected chi connectivity index (χ0v) is 8.77. The van der Waals surface area contributed by atoms with E-state index in [1.165, 1.54) is 12.7 Å². The lowest BCUT2D eigenvalue weighted by atomic mass is 9.94. The Bertz CT molecular complexity index is 382. The number of urea groups is 1. The first-order valence-corrected chi connectivity index (χ1v) is 5.19. The fraction of sp³-hybridized carbons (Fsp3) is 0.400. The van der Waals surface area contributed by atoms with Gasteiger partial charge in [0.05, 0.1) is 12.3 Å². The van der Waals surface area contributed by atoms with Crippen molar-refractivity contribution in [1.29, 1.82) is 0 Å². The smallest absolute Gasteiger partial charge is 0.328 e. The van der Waals surface area contributed by atoms with Crippen LogP contribution in [0.5, 0.6) is 0 Å². The number of carbonyl (C=O) groups is 1. The third-order valence-corrected chi connectivity index (χ3v) is 2.40. The van der Waals surface area contributed by atoms with E-state index in [2.05, 4.69) is 15.6 Å². The molecule has 1 aliphatic rings. The Morgan fingerprint density at radius 2 is 2.38 bits per heavy atom. The molecule has 16 heavy (non-hydrogen) atoms. The Kier molecular flexibility index (Phi) is 3.09. The average Bonchev–Trinajstić information content (AvgIpc) is 2.63. The van der Waals surface area contributed by atoms with E-state index in [0.29, 0.717) is 5.88 Å². The molecule has 0 spiro atoms. The van der Waals surface area contributed by atoms with E-state index in [4.69, 9.17) is 10.2 Å². The number of anilines is 1. The molecule has 1 heterocycles. The molecule has 0 bridgehead atoms. The number of hydrogen-bond acceptors (Lipinski definition) is 3. The van der Waals surface area contributed by atoms with Crippen molar-refractivity contribution in [2.75, 3.05) is 5.32 Å². The number of aliphatic imine (C=N–C) groups is 1. The van der Waals surface area contributed by atoms with Gasteiger partial charge in [-0.3, -0.25) is 10.6 Å². The molecule has 6 nitrogen and oxygen atoms in total. The van der Waals surface area contributed by atoms with Gasteiger partial charge in [0.2, 0.25) is 5.88 Å². The maximum atomic E-state index is 11.4. The van der Waals surface area contributed by atoms with E-state index >= 15 is 0 Å². The number of guanidine groups is 1. The second-order valence-electron chi connectivity index (χ2n) is 3.66. The van der Waals surface area contributed by atoms with Crippen LogP contribution in [0.25, 0.3) is 0 Å². The van der Waals surface area contributed by atoms with Crippen LogP contribution >= 0.6 is 0 Å². The molecular weight excluding hydrogens is 208 g/mol. The second kappa shape index (κ2) is 4.69. The van der Waals surface area contributed by atoms with Gasteiger partial charge >= 0.3 is 6.03 Å². The third kappa shape index (κ3) is 2.75. The SMILES string of the molecule is NC(=NC1CCC1)NC(=O)Nc1ccco1. The van der Waals surface area contributed by atoms with Crippen molar-refractivity contribution >= 4 is 17.9 Å². The molecule has 0 unspecified atom stereocenters. The van der Waals surface area contributed by atoms with E-state index in [9.17, 15) is 4.79 Å². The van der Waals surface area contributed by atoms with Gasteiger partial charge in [-0.05, 0) is 25.3 Å². The van der Waals surface area contributed by atoms with E-state index in [0.717, 1.165) is 12.8 Å². The van der Waals surface area contributed by atoms with E-state index < -0.39 is 6.03 Å². The van der Waals surface area contributed by atoms with Crippen LogP contribution in [-0.2, 0) is 0 Å². The summed E-state index contributed by atoms with van der Waals surface area (Å²) in [4.78, 5) is 15.5. The molecule has 2 amide bonds. The highest BCUT2D eigenvalue weighted by Gasteiger charge is 2.16. The quantitative estimate of drug-likeness (QED) is 0.519. The standard InChI is InChI=1S/C10H14N4O2/c11-9(12-7-3-1-4-7)14-10(15)13-8-5-2-6-16-8/h2,5-7H,1,3-4H2,(H4,11,12,13,14,15). The van der Waals surface area contributed by atoms with Gasteiger partial charge in [-0.25, -0.2) is 9.79 Å². The summed E-state index contributed by atoms with van der Waals surface area (Å²) in [6.45, 7) is 0. The number of hydrogen-bond donors (Lipinski definition) is 3. The summed E-state index contributed by atoms with van der Waals surface area (Å²) in [6.07, 6.45) is 4.74. The number of nitrogens with one attached hydrogen (secondary N) is 2. The van der Waals surface area contributed by atoms with Crippen LogP contribution in [0, 0.1) is 0 Å². The average molecular weight is 222 g/mol. The molecule has 0 atom stereocenters. The van der Waals surface area contributed by atoms with Gasteiger partial charge in [-0.2, -0.15) is 0 Å². The fourth-order valence-electron chi connectivity index (χ4n) is 1.35. The predicted octanol–water partition coefficient (Wildman–Crippen LogP) is 1.27. The van der Waals surface area contributed by atoms with Crippen LogP contribution in [0.4, 0.5) is 10.7 Å². The summed E-state index contributed by atoms with van der Waals surface area (Å²) in [5.74, 6) is 0.516. The molecule has 1 aliphatic carbocycles. The zero-order chi connectivity index (χ0) is 11.4. The Hall–Kier alpha value is -1.98. The van der Waals surface area contributed by atoms with Gasteiger partial charge in [0, 0.05) is 6.07 Å². The molecule has 0 saturated heterocycles. The van der Waals surface area contributed by atoms with Crippen molar-refractivity contribution in [2.45, 2.75) is 25.3 Å². The van der Waals surface area contributed by atoms with Crippen LogP contribution in [0.3, 0.4) is 0 Å². The van der Waals surface area contributed by atoms with Gasteiger partial charge in [-0.15, -0.1) is 0 Å². The lowest BCUT2D eigenvalue weighted by Gasteiger charge is -2.21. The van der Waals surface area contributed by atoms with Crippen molar-refractivity contribution in [3.63, 3.8) is 0 Å². The van der Waals surface area contributed by atoms with Gasteiger partial charge in [0.15, 0.2) is 5.96 Å². The number of nitrogens with zero attached hydrogens (tertiary/aromatic N) is 1. The minimum atomic E-state index is -0.449. The molecule has 4 N–H and O–H groups in total. The summed E-state index contributed by atoms with van der Waals surface area (Å²) < 4.78 is 4.95. The summed E-state index contributed by atoms with van der Waals surface area (Å²) in [5, 5.41) is 4.92. The van der Waals surface area contributed by atoms with Crippen molar-refractivity contribution in [1.82, 2.24) is 5.32 Å². The van der Waals surface area contributed by atoms with Crippen molar-refractivity contribution in [2.24, 2.45) is 10.7 Å². The van der Waals surface area contributed by atoms with Gasteiger partial charge in [0.25, 0.3) is 0 Å². The van der Waals surface area contributed by atoms with Crippen LogP contribution in [0.15, 0.2) is 27.8 Å². The van der Waals surface area contributed by atoms with Crippen molar-refractivity contribution in [3.05, 3.63) is 18.4 Å². The van der Waals surface area contributed by atoms with E-state index in [1.54, 1.807) is 12.1 Å². The van der Waals surface area contributed by atoms with Crippen LogP contribution in [0.2, 0.25) is 0 Å². The summed E-state index contributed by atoms with van der Waals surface area (Å²) in [6, 6.07) is 3.14. The fourth-order valence-corrected chi connectivity index (χ4v) is 1.35. The first kappa shape index (κ1) is 10.5. The molecule has 86 valence electrons. The molecule has 6 heteroatoms. The maximum Gasteiger partial charge on any atom is 0.328 e. The molecule has 0 aromatic carbocycles. The monoisotopic (exact) mass is 222 g/mol. The third-order valence-electron chi connectivity index (χ3n) is 2.40. The second-order valence-corrected chi connectivity index (χ2v) is 3.66. The van der Waals surface area contributed by atoms with Crippen LogP contribution in [0.1, 0.15) is 19.3 Å². The highest BCUT2D eigenvalue weighted by atomic mass is 16.3. The van der Waals surface area contributed by atoms with Crippen LogP contribution in [-0.4, -0.2) is 18.0 Å². The molecule has 2 rings (SSSR count). The Balaban J connectivity index is 1.80. The normalized spacial score (nSPS) is 16.6. The molecular formula is C10H14N4O2. The Morgan fingerprint density at radius 1 is 1.56 bits per heavy atom. The number of nitrogens with two attached hydrogens (primary N) is 1. The minimum absolute atomic E-state index is 0.147. The van der Waals surface area contributed by atoms with Crippen molar-refractivity contribution < 1.29 is 9.21 Å². The highest BCUT2D eigenvalue weighted by molar-refractivity contribution is 6.01. The summed E-state index contributed by atoms with van der Waals surface area (Å²) >= 11 is 0. The number of rotatable bonds is 2. The van der Waals surface area contributed by atoms with Gasteiger partial charge < -0.3 is 10.2 Å². The molecule has 0 radical (unpaired) electrons. The first-order valence-electron chi connectivity index (χ1n) is 5.19. The summed E-state index contributed by atoms with van der Waals surface area (Å²) in [5.41, 5.74) is 5.56. The maximum absolute atomic E-state index is 11.4. The zero-order valence-electron chi connectivity index (χ0n) is 8.77.